The fraction of sp³-hybridized carbons (Fsp3) is 0.591. The van der Waals surface area contributed by atoms with Crippen molar-refractivity contribution in [1.82, 2.24) is 19.6 Å². The molecule has 2 amide bonds. The van der Waals surface area contributed by atoms with Crippen molar-refractivity contribution >= 4 is 22.7 Å². The van der Waals surface area contributed by atoms with Crippen LogP contribution in [0.15, 0.2) is 24.3 Å². The second kappa shape index (κ2) is 6.83. The largest absolute Gasteiger partial charge is 0.391 e. The van der Waals surface area contributed by atoms with Gasteiger partial charge in [0.1, 0.15) is 0 Å². The van der Waals surface area contributed by atoms with Crippen LogP contribution in [0.1, 0.15) is 42.6 Å². The Morgan fingerprint density at radius 1 is 1.24 bits per heavy atom. The Morgan fingerprint density at radius 3 is 2.69 bits per heavy atom. The number of β-amino-alcohol motifs (C(OH)–C–C–N with tert-alkyl or cyclic N) is 1. The maximum atomic E-state index is 13.2. The summed E-state index contributed by atoms with van der Waals surface area (Å²) in [5.74, 6) is 0.723. The molecule has 2 saturated heterocycles. The molecule has 1 atom stereocenters. The Labute approximate surface area is 170 Å². The molecule has 1 aromatic heterocycles. The van der Waals surface area contributed by atoms with E-state index in [1.54, 1.807) is 4.68 Å². The number of aliphatic hydroxyl groups excluding tert-OH is 1. The molecule has 2 aliphatic heterocycles. The standard InChI is InChI=1S/C22H28N4O3/c1-24-18-5-3-2-4-17(18)19(23-24)20(28)25-10-8-22(9-11-25)12-16(27)14-26(21(22)29)13-15-6-7-15/h2-5,15-16,27H,6-14H2,1H3. The van der Waals surface area contributed by atoms with Crippen LogP contribution in [0.25, 0.3) is 10.9 Å². The van der Waals surface area contributed by atoms with Crippen molar-refractivity contribution in [2.45, 2.75) is 38.2 Å². The van der Waals surface area contributed by atoms with Gasteiger partial charge in [-0.05, 0) is 44.1 Å². The summed E-state index contributed by atoms with van der Waals surface area (Å²) in [6.07, 6.45) is 3.65. The van der Waals surface area contributed by atoms with Gasteiger partial charge < -0.3 is 14.9 Å². The molecule has 1 aromatic carbocycles. The predicted molar refractivity (Wildman–Crippen MR) is 108 cm³/mol. The molecule has 5 rings (SSSR count). The Bertz CT molecular complexity index is 954. The number of aryl methyl sites for hydroxylation is 1. The third-order valence-corrected chi connectivity index (χ3v) is 6.94. The molecule has 3 aliphatic rings. The third kappa shape index (κ3) is 3.21. The van der Waals surface area contributed by atoms with Crippen LogP contribution in [0.5, 0.6) is 0 Å². The van der Waals surface area contributed by atoms with Crippen LogP contribution >= 0.6 is 0 Å². The second-order valence-electron chi connectivity index (χ2n) is 9.07. The first-order valence-electron chi connectivity index (χ1n) is 10.7. The van der Waals surface area contributed by atoms with Gasteiger partial charge in [-0.15, -0.1) is 0 Å². The number of carbonyl (C=O) groups excluding carboxylic acids is 2. The minimum atomic E-state index is -0.518. The second-order valence-corrected chi connectivity index (χ2v) is 9.07. The Kier molecular flexibility index (Phi) is 4.38. The molecule has 1 spiro atoms. The Hall–Kier alpha value is -2.41. The molecular formula is C22H28N4O3. The summed E-state index contributed by atoms with van der Waals surface area (Å²) < 4.78 is 1.74. The lowest BCUT2D eigenvalue weighted by Crippen LogP contribution is -2.58. The number of piperidine rings is 2. The summed E-state index contributed by atoms with van der Waals surface area (Å²) in [4.78, 5) is 30.1. The highest BCUT2D eigenvalue weighted by molar-refractivity contribution is 6.05. The molecule has 3 fully saturated rings. The average Bonchev–Trinajstić information content (AvgIpc) is 3.48. The molecule has 1 unspecified atom stereocenters. The molecule has 1 aliphatic carbocycles. The van der Waals surface area contributed by atoms with Gasteiger partial charge in [0.15, 0.2) is 5.69 Å². The average molecular weight is 396 g/mol. The van der Waals surface area contributed by atoms with E-state index in [9.17, 15) is 14.7 Å². The van der Waals surface area contributed by atoms with Crippen LogP contribution in [0.4, 0.5) is 0 Å². The van der Waals surface area contributed by atoms with Gasteiger partial charge in [0, 0.05) is 38.6 Å². The number of aromatic nitrogens is 2. The number of para-hydroxylation sites is 1. The van der Waals surface area contributed by atoms with E-state index in [2.05, 4.69) is 5.10 Å². The highest BCUT2D eigenvalue weighted by atomic mass is 16.3. The fourth-order valence-electron chi connectivity index (χ4n) is 5.12. The van der Waals surface area contributed by atoms with Crippen molar-refractivity contribution in [2.24, 2.45) is 18.4 Å². The lowest BCUT2D eigenvalue weighted by atomic mass is 9.70. The van der Waals surface area contributed by atoms with Crippen molar-refractivity contribution in [2.75, 3.05) is 26.2 Å². The first-order chi connectivity index (χ1) is 14.0. The van der Waals surface area contributed by atoms with Crippen molar-refractivity contribution in [3.63, 3.8) is 0 Å². The first-order valence-corrected chi connectivity index (χ1v) is 10.7. The zero-order valence-electron chi connectivity index (χ0n) is 16.9. The fourth-order valence-corrected chi connectivity index (χ4v) is 5.12. The van der Waals surface area contributed by atoms with Crippen molar-refractivity contribution in [3.05, 3.63) is 30.0 Å². The molecule has 7 heteroatoms. The maximum absolute atomic E-state index is 13.2. The molecule has 0 radical (unpaired) electrons. The van der Waals surface area contributed by atoms with E-state index >= 15 is 0 Å². The summed E-state index contributed by atoms with van der Waals surface area (Å²) in [6.45, 7) is 2.29. The number of carbonyl (C=O) groups is 2. The molecular weight excluding hydrogens is 368 g/mol. The van der Waals surface area contributed by atoms with Gasteiger partial charge in [0.25, 0.3) is 5.91 Å². The normalized spacial score (nSPS) is 24.5. The molecule has 3 heterocycles. The molecule has 7 nitrogen and oxygen atoms in total. The SMILES string of the molecule is Cn1nc(C(=O)N2CCC3(CC2)CC(O)CN(CC2CC2)C3=O)c2ccccc21. The molecule has 0 bridgehead atoms. The minimum Gasteiger partial charge on any atom is -0.391 e. The number of hydrogen-bond donors (Lipinski definition) is 1. The number of rotatable bonds is 3. The zero-order chi connectivity index (χ0) is 20.2. The Morgan fingerprint density at radius 2 is 1.97 bits per heavy atom. The number of fused-ring (bicyclic) bond motifs is 1. The van der Waals surface area contributed by atoms with Crippen LogP contribution in [-0.4, -0.2) is 68.8 Å². The summed E-state index contributed by atoms with van der Waals surface area (Å²) in [5, 5.41) is 15.8. The molecule has 29 heavy (non-hydrogen) atoms. The van der Waals surface area contributed by atoms with Gasteiger partial charge in [0.2, 0.25) is 5.91 Å². The van der Waals surface area contributed by atoms with Crippen LogP contribution in [0.2, 0.25) is 0 Å². The summed E-state index contributed by atoms with van der Waals surface area (Å²) in [5.41, 5.74) is 0.894. The minimum absolute atomic E-state index is 0.0738. The highest BCUT2D eigenvalue weighted by Gasteiger charge is 2.49. The van der Waals surface area contributed by atoms with Crippen molar-refractivity contribution in [3.8, 4) is 0 Å². The van der Waals surface area contributed by atoms with Crippen molar-refractivity contribution < 1.29 is 14.7 Å². The van der Waals surface area contributed by atoms with E-state index in [1.807, 2.05) is 41.1 Å². The van der Waals surface area contributed by atoms with E-state index in [0.29, 0.717) is 50.5 Å². The van der Waals surface area contributed by atoms with Crippen molar-refractivity contribution in [1.29, 1.82) is 0 Å². The summed E-state index contributed by atoms with van der Waals surface area (Å²) in [6, 6.07) is 7.75. The number of amides is 2. The maximum Gasteiger partial charge on any atom is 0.275 e. The monoisotopic (exact) mass is 396 g/mol. The lowest BCUT2D eigenvalue weighted by molar-refractivity contribution is -0.156. The molecule has 1 saturated carbocycles. The van der Waals surface area contributed by atoms with Gasteiger partial charge in [-0.1, -0.05) is 18.2 Å². The first kappa shape index (κ1) is 18.6. The number of aliphatic hydroxyl groups is 1. The molecule has 154 valence electrons. The van der Waals surface area contributed by atoms with Gasteiger partial charge >= 0.3 is 0 Å². The van der Waals surface area contributed by atoms with E-state index in [0.717, 1.165) is 17.4 Å². The lowest BCUT2D eigenvalue weighted by Gasteiger charge is -2.47. The van der Waals surface area contributed by atoms with E-state index in [4.69, 9.17) is 0 Å². The van der Waals surface area contributed by atoms with Gasteiger partial charge in [-0.2, -0.15) is 5.10 Å². The van der Waals surface area contributed by atoms with Gasteiger partial charge in [0.05, 0.1) is 17.0 Å². The number of benzene rings is 1. The Balaban J connectivity index is 1.32. The smallest absolute Gasteiger partial charge is 0.275 e. The highest BCUT2D eigenvalue weighted by Crippen LogP contribution is 2.42. The molecule has 2 aromatic rings. The third-order valence-electron chi connectivity index (χ3n) is 6.94. The van der Waals surface area contributed by atoms with E-state index in [1.165, 1.54) is 12.8 Å². The number of likely N-dealkylation sites (tertiary alicyclic amines) is 2. The predicted octanol–water partition coefficient (Wildman–Crippen LogP) is 1.80. The number of nitrogens with zero attached hydrogens (tertiary/aromatic N) is 4. The molecule has 1 N–H and O–H groups in total. The van der Waals surface area contributed by atoms with Crippen LogP contribution < -0.4 is 0 Å². The topological polar surface area (TPSA) is 78.7 Å². The number of hydrogen-bond acceptors (Lipinski definition) is 4. The van der Waals surface area contributed by atoms with E-state index < -0.39 is 11.5 Å². The van der Waals surface area contributed by atoms with Gasteiger partial charge in [-0.3, -0.25) is 14.3 Å². The van der Waals surface area contributed by atoms with Crippen LogP contribution in [0.3, 0.4) is 0 Å². The summed E-state index contributed by atoms with van der Waals surface area (Å²) >= 11 is 0. The quantitative estimate of drug-likeness (QED) is 0.858. The van der Waals surface area contributed by atoms with Crippen LogP contribution in [0, 0.1) is 11.3 Å². The van der Waals surface area contributed by atoms with Crippen LogP contribution in [-0.2, 0) is 11.8 Å². The van der Waals surface area contributed by atoms with E-state index in [-0.39, 0.29) is 11.8 Å². The summed E-state index contributed by atoms with van der Waals surface area (Å²) in [7, 11) is 1.85. The zero-order valence-corrected chi connectivity index (χ0v) is 16.9. The van der Waals surface area contributed by atoms with Gasteiger partial charge in [-0.25, -0.2) is 0 Å².